The lowest BCUT2D eigenvalue weighted by Gasteiger charge is -2.21. The molecule has 1 atom stereocenters. The Hall–Kier alpha value is -1.85. The predicted molar refractivity (Wildman–Crippen MR) is 84.0 cm³/mol. The first-order valence-electron chi connectivity index (χ1n) is 7.11. The highest BCUT2D eigenvalue weighted by Crippen LogP contribution is 2.08. The number of rotatable bonds is 5. The summed E-state index contributed by atoms with van der Waals surface area (Å²) in [5.74, 6) is 0. The Morgan fingerprint density at radius 3 is 2.57 bits per heavy atom. The minimum Gasteiger partial charge on any atom is -0.444 e. The van der Waals surface area contributed by atoms with Crippen LogP contribution in [-0.4, -0.2) is 32.7 Å². The second-order valence-electron chi connectivity index (χ2n) is 5.82. The fraction of sp³-hybridized carbons (Fsp3) is 0.667. The second-order valence-corrected chi connectivity index (χ2v) is 5.82. The van der Waals surface area contributed by atoms with E-state index >= 15 is 0 Å². The van der Waals surface area contributed by atoms with Gasteiger partial charge in [0.25, 0.3) is 0 Å². The van der Waals surface area contributed by atoms with Crippen molar-refractivity contribution in [1.29, 1.82) is 0 Å². The number of aromatic nitrogens is 3. The molecule has 1 aromatic heterocycles. The van der Waals surface area contributed by atoms with Gasteiger partial charge in [-0.05, 0) is 47.0 Å². The van der Waals surface area contributed by atoms with Crippen LogP contribution in [0.4, 0.5) is 4.79 Å². The van der Waals surface area contributed by atoms with E-state index in [-0.39, 0.29) is 12.1 Å². The number of aryl methyl sites for hydroxylation is 2. The SMILES string of the molecule is C=C.CC(CCCc1cn(C)nn1)NC(=O)OC(C)(C)C. The Morgan fingerprint density at radius 2 is 2.10 bits per heavy atom. The van der Waals surface area contributed by atoms with Crippen molar-refractivity contribution in [1.82, 2.24) is 20.3 Å². The van der Waals surface area contributed by atoms with Crippen molar-refractivity contribution in [2.45, 2.75) is 58.6 Å². The summed E-state index contributed by atoms with van der Waals surface area (Å²) < 4.78 is 6.89. The minimum absolute atomic E-state index is 0.0894. The molecular weight excluding hydrogens is 268 g/mol. The van der Waals surface area contributed by atoms with Crippen molar-refractivity contribution < 1.29 is 9.53 Å². The van der Waals surface area contributed by atoms with Crippen LogP contribution < -0.4 is 5.32 Å². The number of nitrogens with one attached hydrogen (secondary N) is 1. The summed E-state index contributed by atoms with van der Waals surface area (Å²) in [5, 5.41) is 10.7. The van der Waals surface area contributed by atoms with Crippen molar-refractivity contribution >= 4 is 6.09 Å². The van der Waals surface area contributed by atoms with Crippen LogP contribution in [0.2, 0.25) is 0 Å². The Balaban J connectivity index is 0.00000191. The van der Waals surface area contributed by atoms with Gasteiger partial charge in [-0.3, -0.25) is 4.68 Å². The number of carbonyl (C=O) groups is 1. The molecule has 0 aliphatic heterocycles. The second kappa shape index (κ2) is 9.15. The lowest BCUT2D eigenvalue weighted by Crippen LogP contribution is -2.37. The van der Waals surface area contributed by atoms with E-state index in [0.29, 0.717) is 0 Å². The van der Waals surface area contributed by atoms with Gasteiger partial charge in [-0.25, -0.2) is 4.79 Å². The van der Waals surface area contributed by atoms with E-state index in [2.05, 4.69) is 28.8 Å². The van der Waals surface area contributed by atoms with E-state index in [0.717, 1.165) is 25.0 Å². The van der Waals surface area contributed by atoms with Gasteiger partial charge in [0.2, 0.25) is 0 Å². The molecule has 21 heavy (non-hydrogen) atoms. The third kappa shape index (κ3) is 9.65. The van der Waals surface area contributed by atoms with E-state index < -0.39 is 5.60 Å². The first-order valence-corrected chi connectivity index (χ1v) is 7.11. The third-order valence-corrected chi connectivity index (χ3v) is 2.48. The fourth-order valence-electron chi connectivity index (χ4n) is 1.68. The Morgan fingerprint density at radius 1 is 1.48 bits per heavy atom. The topological polar surface area (TPSA) is 69.0 Å². The zero-order chi connectivity index (χ0) is 16.5. The molecule has 0 fully saturated rings. The summed E-state index contributed by atoms with van der Waals surface area (Å²) in [6.07, 6.45) is 4.26. The van der Waals surface area contributed by atoms with Crippen LogP contribution in [0.5, 0.6) is 0 Å². The van der Waals surface area contributed by atoms with Gasteiger partial charge in [0.15, 0.2) is 0 Å². The number of carbonyl (C=O) groups excluding carboxylic acids is 1. The zero-order valence-corrected chi connectivity index (χ0v) is 13.8. The van der Waals surface area contributed by atoms with Gasteiger partial charge in [-0.2, -0.15) is 0 Å². The van der Waals surface area contributed by atoms with Crippen LogP contribution in [0.3, 0.4) is 0 Å². The molecule has 1 rings (SSSR count). The highest BCUT2D eigenvalue weighted by molar-refractivity contribution is 5.67. The maximum absolute atomic E-state index is 11.5. The Bertz CT molecular complexity index is 424. The van der Waals surface area contributed by atoms with Gasteiger partial charge in [0.1, 0.15) is 5.60 Å². The highest BCUT2D eigenvalue weighted by atomic mass is 16.6. The zero-order valence-electron chi connectivity index (χ0n) is 13.8. The number of amides is 1. The molecule has 1 amide bonds. The third-order valence-electron chi connectivity index (χ3n) is 2.48. The molecule has 1 unspecified atom stereocenters. The van der Waals surface area contributed by atoms with Gasteiger partial charge < -0.3 is 10.1 Å². The number of ether oxygens (including phenoxy) is 1. The van der Waals surface area contributed by atoms with Crippen molar-refractivity contribution in [3.63, 3.8) is 0 Å². The van der Waals surface area contributed by atoms with Crippen LogP contribution in [0.25, 0.3) is 0 Å². The summed E-state index contributed by atoms with van der Waals surface area (Å²) >= 11 is 0. The lowest BCUT2D eigenvalue weighted by atomic mass is 10.1. The Kier molecular flexibility index (Phi) is 8.35. The summed E-state index contributed by atoms with van der Waals surface area (Å²) in [4.78, 5) is 11.5. The first kappa shape index (κ1) is 19.1. The lowest BCUT2D eigenvalue weighted by molar-refractivity contribution is 0.0506. The normalized spacial score (nSPS) is 12.0. The summed E-state index contributed by atoms with van der Waals surface area (Å²) in [7, 11) is 1.85. The molecule has 0 aromatic carbocycles. The molecule has 0 saturated carbocycles. The van der Waals surface area contributed by atoms with Crippen LogP contribution in [0.1, 0.15) is 46.2 Å². The monoisotopic (exact) mass is 296 g/mol. The quantitative estimate of drug-likeness (QED) is 0.848. The van der Waals surface area contributed by atoms with Crippen LogP contribution >= 0.6 is 0 Å². The smallest absolute Gasteiger partial charge is 0.407 e. The maximum atomic E-state index is 11.5. The van der Waals surface area contributed by atoms with Gasteiger partial charge in [0.05, 0.1) is 5.69 Å². The van der Waals surface area contributed by atoms with Crippen molar-refractivity contribution in [3.05, 3.63) is 25.0 Å². The summed E-state index contributed by atoms with van der Waals surface area (Å²) in [5.41, 5.74) is 0.524. The van der Waals surface area contributed by atoms with Crippen LogP contribution in [0, 0.1) is 0 Å². The minimum atomic E-state index is -0.455. The average molecular weight is 296 g/mol. The van der Waals surface area contributed by atoms with E-state index in [1.54, 1.807) is 4.68 Å². The molecule has 0 radical (unpaired) electrons. The van der Waals surface area contributed by atoms with Gasteiger partial charge >= 0.3 is 6.09 Å². The predicted octanol–water partition coefficient (Wildman–Crippen LogP) is 2.85. The first-order chi connectivity index (χ1) is 9.76. The molecule has 1 heterocycles. The largest absolute Gasteiger partial charge is 0.444 e. The van der Waals surface area contributed by atoms with Crippen molar-refractivity contribution in [3.8, 4) is 0 Å². The number of alkyl carbamates (subject to hydrolysis) is 1. The van der Waals surface area contributed by atoms with Crippen molar-refractivity contribution in [2.24, 2.45) is 7.05 Å². The van der Waals surface area contributed by atoms with Crippen LogP contribution in [-0.2, 0) is 18.2 Å². The molecule has 6 nitrogen and oxygen atoms in total. The Labute approximate surface area is 127 Å². The molecule has 1 aromatic rings. The van der Waals surface area contributed by atoms with E-state index in [4.69, 9.17) is 4.74 Å². The maximum Gasteiger partial charge on any atom is 0.407 e. The van der Waals surface area contributed by atoms with Crippen molar-refractivity contribution in [2.75, 3.05) is 0 Å². The molecule has 1 N–H and O–H groups in total. The molecular formula is C15H28N4O2. The molecule has 0 spiro atoms. The van der Waals surface area contributed by atoms with E-state index in [1.807, 2.05) is 40.9 Å². The van der Waals surface area contributed by atoms with Gasteiger partial charge in [-0.1, -0.05) is 5.21 Å². The molecule has 120 valence electrons. The summed E-state index contributed by atoms with van der Waals surface area (Å²) in [6, 6.07) is 0.0894. The number of hydrogen-bond donors (Lipinski definition) is 1. The van der Waals surface area contributed by atoms with Crippen LogP contribution in [0.15, 0.2) is 19.4 Å². The molecule has 0 bridgehead atoms. The average Bonchev–Trinajstić information content (AvgIpc) is 2.75. The highest BCUT2D eigenvalue weighted by Gasteiger charge is 2.17. The standard InChI is InChI=1S/C13H24N4O2.C2H4/c1-10(14-12(18)19-13(2,3)4)7-6-8-11-9-17(5)16-15-11;1-2/h9-10H,6-8H2,1-5H3,(H,14,18);1-2H2. The molecule has 6 heteroatoms. The number of nitrogens with zero attached hydrogens (tertiary/aromatic N) is 3. The molecule has 0 aliphatic carbocycles. The molecule has 0 aliphatic rings. The number of hydrogen-bond acceptors (Lipinski definition) is 4. The van der Waals surface area contributed by atoms with Gasteiger partial charge in [0, 0.05) is 19.3 Å². The fourth-order valence-corrected chi connectivity index (χ4v) is 1.68. The van der Waals surface area contributed by atoms with E-state index in [9.17, 15) is 4.79 Å². The van der Waals surface area contributed by atoms with Gasteiger partial charge in [-0.15, -0.1) is 18.3 Å². The summed E-state index contributed by atoms with van der Waals surface area (Å²) in [6.45, 7) is 13.5. The van der Waals surface area contributed by atoms with E-state index in [1.165, 1.54) is 0 Å². The molecule has 0 saturated heterocycles.